The maximum Gasteiger partial charge on any atom is 0.134 e. The van der Waals surface area contributed by atoms with Crippen molar-refractivity contribution in [1.29, 1.82) is 0 Å². The molecule has 3 nitrogen and oxygen atoms in total. The molecule has 1 aromatic carbocycles. The first kappa shape index (κ1) is 14.1. The minimum absolute atomic E-state index is 0.150. The Kier molecular flexibility index (Phi) is 5.16. The van der Waals surface area contributed by atoms with Gasteiger partial charge >= 0.3 is 0 Å². The van der Waals surface area contributed by atoms with Crippen LogP contribution in [0, 0.1) is 18.8 Å². The second kappa shape index (κ2) is 7.32. The average Bonchev–Trinajstić information content (AvgIpc) is 2.48. The molecule has 2 aromatic rings. The molecule has 0 aliphatic rings. The first-order valence-electron chi connectivity index (χ1n) is 6.51. The molecule has 0 atom stereocenters. The van der Waals surface area contributed by atoms with Gasteiger partial charge in [0.05, 0.1) is 12.2 Å². The lowest BCUT2D eigenvalue weighted by Gasteiger charge is -2.09. The van der Waals surface area contributed by atoms with Crippen LogP contribution in [0.2, 0.25) is 0 Å². The highest BCUT2D eigenvalue weighted by atomic mass is 16.5. The van der Waals surface area contributed by atoms with E-state index in [9.17, 15) is 0 Å². The van der Waals surface area contributed by atoms with Crippen LogP contribution in [0.3, 0.4) is 0 Å². The zero-order valence-corrected chi connectivity index (χ0v) is 11.5. The summed E-state index contributed by atoms with van der Waals surface area (Å²) in [6.45, 7) is 2.43. The highest BCUT2D eigenvalue weighted by Gasteiger charge is 2.02. The van der Waals surface area contributed by atoms with Crippen LogP contribution in [-0.2, 0) is 6.42 Å². The van der Waals surface area contributed by atoms with Crippen molar-refractivity contribution in [2.24, 2.45) is 0 Å². The summed E-state index contributed by atoms with van der Waals surface area (Å²) in [6.07, 6.45) is 4.40. The van der Waals surface area contributed by atoms with Crippen molar-refractivity contribution in [2.45, 2.75) is 13.3 Å². The lowest BCUT2D eigenvalue weighted by molar-refractivity contribution is 0.321. The number of ether oxygens (including phenoxy) is 1. The van der Waals surface area contributed by atoms with Gasteiger partial charge in [-0.05, 0) is 36.2 Å². The smallest absolute Gasteiger partial charge is 0.134 e. The van der Waals surface area contributed by atoms with Gasteiger partial charge in [0.1, 0.15) is 12.4 Å². The number of aryl methyl sites for hydroxylation is 1. The van der Waals surface area contributed by atoms with Crippen molar-refractivity contribution >= 4 is 0 Å². The minimum Gasteiger partial charge on any atom is -0.492 e. The third-order valence-electron chi connectivity index (χ3n) is 2.81. The van der Waals surface area contributed by atoms with Crippen molar-refractivity contribution < 1.29 is 9.84 Å². The molecule has 0 fully saturated rings. The molecule has 20 heavy (non-hydrogen) atoms. The van der Waals surface area contributed by atoms with E-state index in [1.165, 1.54) is 0 Å². The zero-order valence-electron chi connectivity index (χ0n) is 11.5. The third kappa shape index (κ3) is 4.11. The molecular formula is C17H17NO2. The Morgan fingerprint density at radius 1 is 1.30 bits per heavy atom. The van der Waals surface area contributed by atoms with Crippen LogP contribution in [0.5, 0.6) is 5.75 Å². The number of aliphatic hydroxyl groups is 1. The standard InChI is InChI=1S/C17H17NO2/c1-14-6-7-17(16(12-14)5-3-10-19)20-11-8-15-4-2-9-18-13-15/h2,4,6-7,9,12-13,19H,8,10-11H2,1H3. The number of rotatable bonds is 4. The molecule has 102 valence electrons. The van der Waals surface area contributed by atoms with E-state index < -0.39 is 0 Å². The van der Waals surface area contributed by atoms with Crippen LogP contribution < -0.4 is 4.74 Å². The van der Waals surface area contributed by atoms with Gasteiger partial charge in [-0.15, -0.1) is 0 Å². The summed E-state index contributed by atoms with van der Waals surface area (Å²) in [5.41, 5.74) is 3.07. The van der Waals surface area contributed by atoms with Gasteiger partial charge in [0.15, 0.2) is 0 Å². The van der Waals surface area contributed by atoms with Crippen molar-refractivity contribution in [3.05, 3.63) is 59.4 Å². The third-order valence-corrected chi connectivity index (χ3v) is 2.81. The van der Waals surface area contributed by atoms with E-state index >= 15 is 0 Å². The van der Waals surface area contributed by atoms with E-state index in [1.807, 2.05) is 43.5 Å². The summed E-state index contributed by atoms with van der Waals surface area (Å²) in [4.78, 5) is 4.07. The molecule has 0 unspecified atom stereocenters. The number of benzene rings is 1. The largest absolute Gasteiger partial charge is 0.492 e. The van der Waals surface area contributed by atoms with Gasteiger partial charge in [0.2, 0.25) is 0 Å². The van der Waals surface area contributed by atoms with Crippen molar-refractivity contribution in [3.8, 4) is 17.6 Å². The fraction of sp³-hybridized carbons (Fsp3) is 0.235. The highest BCUT2D eigenvalue weighted by Crippen LogP contribution is 2.19. The molecule has 0 saturated carbocycles. The van der Waals surface area contributed by atoms with E-state index in [1.54, 1.807) is 6.20 Å². The van der Waals surface area contributed by atoms with Gasteiger partial charge in [-0.3, -0.25) is 4.98 Å². The molecule has 1 heterocycles. The lowest BCUT2D eigenvalue weighted by Crippen LogP contribution is -2.03. The molecule has 0 saturated heterocycles. The lowest BCUT2D eigenvalue weighted by atomic mass is 10.1. The predicted octanol–water partition coefficient (Wildman–Crippen LogP) is 2.36. The van der Waals surface area contributed by atoms with Gasteiger partial charge < -0.3 is 9.84 Å². The fourth-order valence-corrected chi connectivity index (χ4v) is 1.83. The van der Waals surface area contributed by atoms with Gasteiger partial charge in [0, 0.05) is 18.8 Å². The summed E-state index contributed by atoms with van der Waals surface area (Å²) < 4.78 is 5.78. The number of hydrogen-bond acceptors (Lipinski definition) is 3. The Hall–Kier alpha value is -2.31. The van der Waals surface area contributed by atoms with Gasteiger partial charge in [-0.2, -0.15) is 0 Å². The Balaban J connectivity index is 2.02. The fourth-order valence-electron chi connectivity index (χ4n) is 1.83. The topological polar surface area (TPSA) is 42.4 Å². The SMILES string of the molecule is Cc1ccc(OCCc2cccnc2)c(C#CCO)c1. The molecular weight excluding hydrogens is 250 g/mol. The summed E-state index contributed by atoms with van der Waals surface area (Å²) in [5.74, 6) is 6.32. The normalized spacial score (nSPS) is 9.70. The minimum atomic E-state index is -0.150. The first-order valence-corrected chi connectivity index (χ1v) is 6.51. The number of nitrogens with zero attached hydrogens (tertiary/aromatic N) is 1. The molecule has 0 aliphatic heterocycles. The highest BCUT2D eigenvalue weighted by molar-refractivity contribution is 5.48. The van der Waals surface area contributed by atoms with Crippen LogP contribution in [0.1, 0.15) is 16.7 Å². The molecule has 0 spiro atoms. The number of pyridine rings is 1. The number of aromatic nitrogens is 1. The van der Waals surface area contributed by atoms with Gasteiger partial charge in [-0.1, -0.05) is 24.0 Å². The molecule has 0 aliphatic carbocycles. The summed E-state index contributed by atoms with van der Waals surface area (Å²) >= 11 is 0. The second-order valence-corrected chi connectivity index (χ2v) is 4.42. The Morgan fingerprint density at radius 2 is 2.20 bits per heavy atom. The molecule has 1 aromatic heterocycles. The van der Waals surface area contributed by atoms with E-state index in [-0.39, 0.29) is 6.61 Å². The van der Waals surface area contributed by atoms with Gasteiger partial charge in [-0.25, -0.2) is 0 Å². The molecule has 0 amide bonds. The zero-order chi connectivity index (χ0) is 14.2. The first-order chi connectivity index (χ1) is 9.79. The predicted molar refractivity (Wildman–Crippen MR) is 78.6 cm³/mol. The molecule has 0 bridgehead atoms. The van der Waals surface area contributed by atoms with Crippen LogP contribution in [-0.4, -0.2) is 23.3 Å². The quantitative estimate of drug-likeness (QED) is 0.865. The molecule has 3 heteroatoms. The Labute approximate surface area is 119 Å². The molecule has 0 radical (unpaired) electrons. The van der Waals surface area contributed by atoms with Gasteiger partial charge in [0.25, 0.3) is 0 Å². The number of hydrogen-bond donors (Lipinski definition) is 1. The van der Waals surface area contributed by atoms with Crippen LogP contribution >= 0.6 is 0 Å². The van der Waals surface area contributed by atoms with E-state index in [2.05, 4.69) is 16.8 Å². The molecule has 2 rings (SSSR count). The monoisotopic (exact) mass is 267 g/mol. The van der Waals surface area contributed by atoms with Crippen molar-refractivity contribution in [3.63, 3.8) is 0 Å². The van der Waals surface area contributed by atoms with Crippen LogP contribution in [0.4, 0.5) is 0 Å². The summed E-state index contributed by atoms with van der Waals surface area (Å²) in [6, 6.07) is 9.81. The van der Waals surface area contributed by atoms with E-state index in [0.29, 0.717) is 6.61 Å². The van der Waals surface area contributed by atoms with Crippen LogP contribution in [0.25, 0.3) is 0 Å². The van der Waals surface area contributed by atoms with E-state index in [0.717, 1.165) is 28.9 Å². The maximum atomic E-state index is 8.79. The Bertz CT molecular complexity index is 612. The molecule has 1 N–H and O–H groups in total. The second-order valence-electron chi connectivity index (χ2n) is 4.42. The maximum absolute atomic E-state index is 8.79. The summed E-state index contributed by atoms with van der Waals surface area (Å²) in [7, 11) is 0. The van der Waals surface area contributed by atoms with Crippen LogP contribution in [0.15, 0.2) is 42.7 Å². The average molecular weight is 267 g/mol. The number of aliphatic hydroxyl groups excluding tert-OH is 1. The van der Waals surface area contributed by atoms with E-state index in [4.69, 9.17) is 9.84 Å². The van der Waals surface area contributed by atoms with Crippen molar-refractivity contribution in [2.75, 3.05) is 13.2 Å². The summed E-state index contributed by atoms with van der Waals surface area (Å²) in [5, 5.41) is 8.79. The van der Waals surface area contributed by atoms with Crippen molar-refractivity contribution in [1.82, 2.24) is 4.98 Å². The Morgan fingerprint density at radius 3 is 2.95 bits per heavy atom.